The summed E-state index contributed by atoms with van der Waals surface area (Å²) in [6, 6.07) is 13.3. The molecular weight excluding hydrogens is 362 g/mol. The van der Waals surface area contributed by atoms with Gasteiger partial charge in [-0.2, -0.15) is 0 Å². The summed E-state index contributed by atoms with van der Waals surface area (Å²) < 4.78 is 0. The number of nitrogens with zero attached hydrogens (tertiary/aromatic N) is 2. The number of hydrogen-bond donors (Lipinski definition) is 1. The van der Waals surface area contributed by atoms with Gasteiger partial charge in [0.05, 0.1) is 12.2 Å². The summed E-state index contributed by atoms with van der Waals surface area (Å²) in [5, 5.41) is 2.62. The highest BCUT2D eigenvalue weighted by Crippen LogP contribution is 2.33. The number of amides is 2. The van der Waals surface area contributed by atoms with Crippen molar-refractivity contribution in [2.75, 3.05) is 6.54 Å². The van der Waals surface area contributed by atoms with Gasteiger partial charge in [0.15, 0.2) is 0 Å². The molecule has 27 heavy (non-hydrogen) atoms. The number of pyridine rings is 1. The number of fused-ring (bicyclic) bond motifs is 3. The van der Waals surface area contributed by atoms with E-state index in [9.17, 15) is 9.59 Å². The van der Waals surface area contributed by atoms with E-state index >= 15 is 0 Å². The molecule has 2 amide bonds. The molecule has 1 aromatic heterocycles. The molecule has 0 radical (unpaired) electrons. The zero-order chi connectivity index (χ0) is 19.1. The van der Waals surface area contributed by atoms with Gasteiger partial charge in [0.1, 0.15) is 0 Å². The van der Waals surface area contributed by atoms with Gasteiger partial charge in [0.25, 0.3) is 5.91 Å². The maximum atomic E-state index is 12.7. The van der Waals surface area contributed by atoms with Crippen molar-refractivity contribution in [1.82, 2.24) is 9.88 Å². The van der Waals surface area contributed by atoms with Crippen molar-refractivity contribution in [1.29, 1.82) is 0 Å². The number of aromatic nitrogens is 1. The summed E-state index contributed by atoms with van der Waals surface area (Å²) in [6.45, 7) is 4.18. The van der Waals surface area contributed by atoms with Gasteiger partial charge in [-0.15, -0.1) is 0 Å². The summed E-state index contributed by atoms with van der Waals surface area (Å²) >= 11 is 6.08. The molecule has 2 heterocycles. The zero-order valence-electron chi connectivity index (χ0n) is 14.4. The summed E-state index contributed by atoms with van der Waals surface area (Å²) in [7, 11) is 0. The third-order valence-corrected chi connectivity index (χ3v) is 4.98. The number of nitrogens with two attached hydrogens (primary N) is 1. The van der Waals surface area contributed by atoms with Crippen molar-refractivity contribution >= 4 is 34.2 Å². The second kappa shape index (κ2) is 6.52. The van der Waals surface area contributed by atoms with Crippen LogP contribution in [0.4, 0.5) is 0 Å². The standard InChI is InChI=1S/C21H16ClN3O2/c1-12(20(23)26)10-25-11-18-16(21(25)27)5-4-13-2-3-14(8-17(13)18)19-9-15(22)6-7-24-19/h2-9H,1,10-11H2,(H2,23,26). The first-order valence-electron chi connectivity index (χ1n) is 8.38. The second-order valence-corrected chi connectivity index (χ2v) is 6.95. The molecule has 0 atom stereocenters. The first kappa shape index (κ1) is 17.2. The number of benzene rings is 2. The fourth-order valence-corrected chi connectivity index (χ4v) is 3.50. The van der Waals surface area contributed by atoms with Gasteiger partial charge < -0.3 is 10.6 Å². The molecule has 0 spiro atoms. The molecule has 1 aliphatic rings. The van der Waals surface area contributed by atoms with Gasteiger partial charge in [-0.3, -0.25) is 14.6 Å². The van der Waals surface area contributed by atoms with Crippen LogP contribution >= 0.6 is 11.6 Å². The summed E-state index contributed by atoms with van der Waals surface area (Å²) in [5.41, 5.74) is 8.73. The lowest BCUT2D eigenvalue weighted by Gasteiger charge is -2.15. The lowest BCUT2D eigenvalue weighted by atomic mass is 9.98. The summed E-state index contributed by atoms with van der Waals surface area (Å²) in [4.78, 5) is 29.9. The highest BCUT2D eigenvalue weighted by atomic mass is 35.5. The molecule has 0 saturated carbocycles. The molecule has 2 N–H and O–H groups in total. The molecule has 0 unspecified atom stereocenters. The predicted molar refractivity (Wildman–Crippen MR) is 105 cm³/mol. The lowest BCUT2D eigenvalue weighted by Crippen LogP contribution is -2.30. The Balaban J connectivity index is 1.77. The maximum absolute atomic E-state index is 12.7. The van der Waals surface area contributed by atoms with Crippen molar-refractivity contribution in [2.24, 2.45) is 5.73 Å². The van der Waals surface area contributed by atoms with Gasteiger partial charge in [0, 0.05) is 34.5 Å². The molecule has 5 nitrogen and oxygen atoms in total. The number of carbonyl (C=O) groups excluding carboxylic acids is 2. The van der Waals surface area contributed by atoms with Crippen LogP contribution in [0, 0.1) is 0 Å². The molecule has 0 saturated heterocycles. The number of hydrogen-bond acceptors (Lipinski definition) is 3. The third-order valence-electron chi connectivity index (χ3n) is 4.75. The van der Waals surface area contributed by atoms with Crippen molar-refractivity contribution in [2.45, 2.75) is 6.54 Å². The third kappa shape index (κ3) is 3.06. The Morgan fingerprint density at radius 2 is 2.00 bits per heavy atom. The van der Waals surface area contributed by atoms with E-state index in [2.05, 4.69) is 11.6 Å². The van der Waals surface area contributed by atoms with E-state index in [1.807, 2.05) is 30.3 Å². The molecule has 4 rings (SSSR count). The molecule has 3 aromatic rings. The Morgan fingerprint density at radius 3 is 2.74 bits per heavy atom. The minimum Gasteiger partial charge on any atom is -0.366 e. The van der Waals surface area contributed by atoms with E-state index in [0.29, 0.717) is 17.1 Å². The summed E-state index contributed by atoms with van der Waals surface area (Å²) in [6.07, 6.45) is 1.66. The van der Waals surface area contributed by atoms with E-state index in [1.165, 1.54) is 0 Å². The average Bonchev–Trinajstić information content (AvgIpc) is 2.97. The Kier molecular flexibility index (Phi) is 4.16. The summed E-state index contributed by atoms with van der Waals surface area (Å²) in [5.74, 6) is -0.724. The van der Waals surface area contributed by atoms with Gasteiger partial charge in [0.2, 0.25) is 5.91 Å². The highest BCUT2D eigenvalue weighted by Gasteiger charge is 2.29. The van der Waals surface area contributed by atoms with Gasteiger partial charge >= 0.3 is 0 Å². The van der Waals surface area contributed by atoms with E-state index in [4.69, 9.17) is 17.3 Å². The number of primary amides is 1. The lowest BCUT2D eigenvalue weighted by molar-refractivity contribution is -0.114. The number of rotatable bonds is 4. The fraction of sp³-hybridized carbons (Fsp3) is 0.0952. The minimum atomic E-state index is -0.599. The topological polar surface area (TPSA) is 76.3 Å². The maximum Gasteiger partial charge on any atom is 0.254 e. The minimum absolute atomic E-state index is 0.124. The van der Waals surface area contributed by atoms with Crippen LogP contribution < -0.4 is 5.73 Å². The van der Waals surface area contributed by atoms with Crippen molar-refractivity contribution < 1.29 is 9.59 Å². The monoisotopic (exact) mass is 377 g/mol. The second-order valence-electron chi connectivity index (χ2n) is 6.52. The van der Waals surface area contributed by atoms with Crippen molar-refractivity contribution in [3.8, 4) is 11.3 Å². The van der Waals surface area contributed by atoms with E-state index in [0.717, 1.165) is 27.6 Å². The largest absolute Gasteiger partial charge is 0.366 e. The molecular formula is C21H16ClN3O2. The van der Waals surface area contributed by atoms with Gasteiger partial charge in [-0.05, 0) is 40.6 Å². The van der Waals surface area contributed by atoms with E-state index in [-0.39, 0.29) is 18.0 Å². The molecule has 1 aliphatic heterocycles. The average molecular weight is 378 g/mol. The van der Waals surface area contributed by atoms with Crippen LogP contribution in [-0.4, -0.2) is 28.2 Å². The van der Waals surface area contributed by atoms with Crippen LogP contribution in [-0.2, 0) is 11.3 Å². The highest BCUT2D eigenvalue weighted by molar-refractivity contribution is 6.30. The number of carbonyl (C=O) groups is 2. The van der Waals surface area contributed by atoms with Gasteiger partial charge in [-0.1, -0.05) is 36.4 Å². The van der Waals surface area contributed by atoms with Crippen LogP contribution in [0.2, 0.25) is 5.02 Å². The first-order valence-corrected chi connectivity index (χ1v) is 8.76. The Bertz CT molecular complexity index is 1120. The van der Waals surface area contributed by atoms with Crippen LogP contribution in [0.25, 0.3) is 22.0 Å². The van der Waals surface area contributed by atoms with Crippen molar-refractivity contribution in [3.05, 3.63) is 77.0 Å². The quantitative estimate of drug-likeness (QED) is 0.706. The Hall–Kier alpha value is -3.18. The van der Waals surface area contributed by atoms with Crippen molar-refractivity contribution in [3.63, 3.8) is 0 Å². The van der Waals surface area contributed by atoms with E-state index in [1.54, 1.807) is 23.2 Å². The van der Waals surface area contributed by atoms with Crippen LogP contribution in [0.5, 0.6) is 0 Å². The smallest absolute Gasteiger partial charge is 0.254 e. The normalized spacial score (nSPS) is 13.1. The zero-order valence-corrected chi connectivity index (χ0v) is 15.2. The first-order chi connectivity index (χ1) is 12.9. The molecule has 0 bridgehead atoms. The molecule has 2 aromatic carbocycles. The number of halogens is 1. The van der Waals surface area contributed by atoms with Gasteiger partial charge in [-0.25, -0.2) is 0 Å². The van der Waals surface area contributed by atoms with Crippen LogP contribution in [0.1, 0.15) is 15.9 Å². The molecule has 6 heteroatoms. The van der Waals surface area contributed by atoms with Crippen LogP contribution in [0.15, 0.2) is 60.8 Å². The fourth-order valence-electron chi connectivity index (χ4n) is 3.34. The van der Waals surface area contributed by atoms with Crippen LogP contribution in [0.3, 0.4) is 0 Å². The molecule has 0 aliphatic carbocycles. The predicted octanol–water partition coefficient (Wildman–Crippen LogP) is 3.55. The molecule has 134 valence electrons. The molecule has 0 fully saturated rings. The van der Waals surface area contributed by atoms with E-state index < -0.39 is 5.91 Å². The Morgan fingerprint density at radius 1 is 1.22 bits per heavy atom. The Labute approximate surface area is 161 Å². The SMILES string of the molecule is C=C(CN1Cc2c(ccc3ccc(-c4cc(Cl)ccn4)cc23)C1=O)C(N)=O.